The van der Waals surface area contributed by atoms with Crippen LogP contribution in [0.25, 0.3) is 0 Å². The van der Waals surface area contributed by atoms with Gasteiger partial charge in [0.05, 0.1) is 52.8 Å². The van der Waals surface area contributed by atoms with Gasteiger partial charge in [0, 0.05) is 48.0 Å². The van der Waals surface area contributed by atoms with Crippen molar-refractivity contribution < 1.29 is 57.6 Å². The van der Waals surface area contributed by atoms with Crippen molar-refractivity contribution in [3.05, 3.63) is 138 Å². The highest BCUT2D eigenvalue weighted by Crippen LogP contribution is 2.41. The van der Waals surface area contributed by atoms with Crippen molar-refractivity contribution in [2.45, 2.75) is 12.2 Å². The first kappa shape index (κ1) is 36.7. The Kier molecular flexibility index (Phi) is 11.8. The van der Waals surface area contributed by atoms with E-state index in [-0.39, 0.29) is 56.6 Å². The molecule has 0 N–H and O–H groups in total. The summed E-state index contributed by atoms with van der Waals surface area (Å²) < 4.78 is 33.3. The first-order valence-corrected chi connectivity index (χ1v) is 14.5. The molecule has 0 saturated heterocycles. The van der Waals surface area contributed by atoms with Gasteiger partial charge in [0.25, 0.3) is 17.1 Å². The summed E-state index contributed by atoms with van der Waals surface area (Å²) in [6.45, 7) is -0.787. The summed E-state index contributed by atoms with van der Waals surface area (Å²) in [6, 6.07) is 15.9. The zero-order chi connectivity index (χ0) is 37.2. The van der Waals surface area contributed by atoms with E-state index in [2.05, 4.69) is 0 Å². The monoisotopic (exact) mass is 705 g/mol. The van der Waals surface area contributed by atoms with Gasteiger partial charge < -0.3 is 28.4 Å². The Morgan fingerprint density at radius 1 is 0.549 bits per heavy atom. The molecule has 4 aromatic carbocycles. The van der Waals surface area contributed by atoms with Gasteiger partial charge in [-0.1, -0.05) is 0 Å². The minimum Gasteiger partial charge on any atom is -0.496 e. The van der Waals surface area contributed by atoms with Crippen molar-refractivity contribution in [3.63, 3.8) is 0 Å². The normalized spacial score (nSPS) is 11.7. The maximum Gasteiger partial charge on any atom is 0.338 e. The van der Waals surface area contributed by atoms with Crippen LogP contribution in [0.3, 0.4) is 0 Å². The summed E-state index contributed by atoms with van der Waals surface area (Å²) in [4.78, 5) is 71.4. The van der Waals surface area contributed by atoms with Crippen molar-refractivity contribution in [3.8, 4) is 17.2 Å². The molecule has 0 radical (unpaired) electrons. The number of hydrogen-bond acceptors (Lipinski definition) is 15. The summed E-state index contributed by atoms with van der Waals surface area (Å²) in [6.07, 6.45) is -3.34. The van der Waals surface area contributed by atoms with Gasteiger partial charge >= 0.3 is 17.9 Å². The van der Waals surface area contributed by atoms with Crippen molar-refractivity contribution in [1.29, 1.82) is 0 Å². The second kappa shape index (κ2) is 16.3. The lowest BCUT2D eigenvalue weighted by molar-refractivity contribution is -0.385. The van der Waals surface area contributed by atoms with Gasteiger partial charge in [-0.25, -0.2) is 14.4 Å². The number of hydrogen-bond donors (Lipinski definition) is 0. The molecular weight excluding hydrogens is 678 g/mol. The molecule has 0 heterocycles. The molecule has 0 aliphatic heterocycles. The molecule has 0 unspecified atom stereocenters. The molecular formula is C33H27N3O15. The Labute approximate surface area is 287 Å². The fraction of sp³-hybridized carbons (Fsp3) is 0.182. The molecule has 51 heavy (non-hydrogen) atoms. The average Bonchev–Trinajstić information content (AvgIpc) is 3.14. The lowest BCUT2D eigenvalue weighted by Gasteiger charge is -2.29. The minimum atomic E-state index is -1.68. The predicted molar refractivity (Wildman–Crippen MR) is 173 cm³/mol. The van der Waals surface area contributed by atoms with E-state index in [4.69, 9.17) is 28.4 Å². The van der Waals surface area contributed by atoms with Crippen LogP contribution in [0.15, 0.2) is 84.9 Å². The third-order valence-corrected chi connectivity index (χ3v) is 7.19. The summed E-state index contributed by atoms with van der Waals surface area (Å²) in [5.74, 6) is -2.77. The van der Waals surface area contributed by atoms with Gasteiger partial charge in [-0.2, -0.15) is 0 Å². The molecule has 0 aromatic heterocycles. The number of ether oxygens (including phenoxy) is 6. The van der Waals surface area contributed by atoms with Gasteiger partial charge in [0.1, 0.15) is 12.4 Å². The van der Waals surface area contributed by atoms with E-state index in [1.165, 1.54) is 33.5 Å². The van der Waals surface area contributed by atoms with Crippen LogP contribution in [0.2, 0.25) is 0 Å². The maximum atomic E-state index is 13.5. The SMILES string of the molecule is COc1cc(OC)c([C@@H](OC(=O)c2ccc([N+](=O)[O-])cc2)[C@@H](COC(=O)c2ccc([N+](=O)[O-])cc2)OC(=O)c2ccc([N+](=O)[O-])cc2)cc1OC. The quantitative estimate of drug-likeness (QED) is 0.0650. The highest BCUT2D eigenvalue weighted by Gasteiger charge is 2.36. The van der Waals surface area contributed by atoms with Crippen LogP contribution in [0, 0.1) is 30.3 Å². The fourth-order valence-corrected chi connectivity index (χ4v) is 4.59. The van der Waals surface area contributed by atoms with Crippen LogP contribution in [0.1, 0.15) is 42.7 Å². The third-order valence-electron chi connectivity index (χ3n) is 7.19. The molecule has 0 amide bonds. The molecule has 0 aliphatic carbocycles. The van der Waals surface area contributed by atoms with Gasteiger partial charge in [0.2, 0.25) is 0 Å². The summed E-state index contributed by atoms with van der Waals surface area (Å²) in [5.41, 5.74) is -1.30. The van der Waals surface area contributed by atoms with Gasteiger partial charge in [-0.05, 0) is 42.5 Å². The van der Waals surface area contributed by atoms with E-state index < -0.39 is 51.5 Å². The van der Waals surface area contributed by atoms with E-state index in [0.717, 1.165) is 72.8 Å². The number of methoxy groups -OCH3 is 3. The third kappa shape index (κ3) is 8.87. The van der Waals surface area contributed by atoms with Crippen molar-refractivity contribution in [1.82, 2.24) is 0 Å². The lowest BCUT2D eigenvalue weighted by Crippen LogP contribution is -2.34. The molecule has 18 heteroatoms. The lowest BCUT2D eigenvalue weighted by atomic mass is 10.0. The summed E-state index contributed by atoms with van der Waals surface area (Å²) in [5, 5.41) is 33.4. The number of nitro groups is 3. The molecule has 0 spiro atoms. The zero-order valence-electron chi connectivity index (χ0n) is 26.9. The molecule has 0 fully saturated rings. The molecule has 18 nitrogen and oxygen atoms in total. The molecule has 0 saturated carbocycles. The molecule has 0 aliphatic rings. The standard InChI is InChI=1S/C33H27N3O15/c1-46-26-17-28(48-3)27(47-2)16-25(26)30(51-33(39)21-8-14-24(15-9-21)36(44)45)29(50-32(38)20-6-12-23(13-7-20)35(42)43)18-49-31(37)19-4-10-22(11-5-19)34(40)41/h4-17,29-30H,18H2,1-3H3/t29-,30-/m1/s1. The maximum absolute atomic E-state index is 13.5. The first-order chi connectivity index (χ1) is 24.4. The molecule has 4 rings (SSSR count). The second-order valence-corrected chi connectivity index (χ2v) is 10.2. The van der Waals surface area contributed by atoms with Crippen LogP contribution in [0.5, 0.6) is 17.2 Å². The van der Waals surface area contributed by atoms with E-state index in [9.17, 15) is 44.7 Å². The zero-order valence-corrected chi connectivity index (χ0v) is 26.9. The molecule has 264 valence electrons. The van der Waals surface area contributed by atoms with Crippen LogP contribution >= 0.6 is 0 Å². The number of esters is 3. The largest absolute Gasteiger partial charge is 0.496 e. The van der Waals surface area contributed by atoms with Crippen molar-refractivity contribution in [2.75, 3.05) is 27.9 Å². The molecule has 0 bridgehead atoms. The van der Waals surface area contributed by atoms with E-state index in [1.54, 1.807) is 0 Å². The Morgan fingerprint density at radius 3 is 1.31 bits per heavy atom. The number of non-ortho nitro benzene ring substituents is 3. The van der Waals surface area contributed by atoms with Gasteiger partial charge in [-0.3, -0.25) is 30.3 Å². The van der Waals surface area contributed by atoms with Crippen LogP contribution < -0.4 is 14.2 Å². The van der Waals surface area contributed by atoms with Gasteiger partial charge in [0.15, 0.2) is 23.7 Å². The van der Waals surface area contributed by atoms with Crippen LogP contribution in [-0.4, -0.2) is 66.7 Å². The Balaban J connectivity index is 1.80. The smallest absolute Gasteiger partial charge is 0.338 e. The average molecular weight is 706 g/mol. The number of rotatable bonds is 15. The van der Waals surface area contributed by atoms with E-state index >= 15 is 0 Å². The minimum absolute atomic E-state index is 0.0262. The number of nitro benzene ring substituents is 3. The van der Waals surface area contributed by atoms with E-state index in [1.807, 2.05) is 0 Å². The topological polar surface area (TPSA) is 236 Å². The number of nitrogens with zero attached hydrogens (tertiary/aromatic N) is 3. The van der Waals surface area contributed by atoms with Crippen molar-refractivity contribution >= 4 is 35.0 Å². The highest BCUT2D eigenvalue weighted by atomic mass is 16.6. The van der Waals surface area contributed by atoms with Gasteiger partial charge in [-0.15, -0.1) is 0 Å². The number of carbonyl (C=O) groups excluding carboxylic acids is 3. The second-order valence-electron chi connectivity index (χ2n) is 10.2. The predicted octanol–water partition coefficient (Wildman–Crippen LogP) is 5.42. The Morgan fingerprint density at radius 2 is 0.922 bits per heavy atom. The van der Waals surface area contributed by atoms with Crippen LogP contribution in [-0.2, 0) is 14.2 Å². The summed E-state index contributed by atoms with van der Waals surface area (Å²) >= 11 is 0. The number of carbonyl (C=O) groups is 3. The molecule has 4 aromatic rings. The van der Waals surface area contributed by atoms with Crippen LogP contribution in [0.4, 0.5) is 17.1 Å². The molecule has 2 atom stereocenters. The summed E-state index contributed by atoms with van der Waals surface area (Å²) in [7, 11) is 3.96. The highest BCUT2D eigenvalue weighted by molar-refractivity contribution is 5.91. The Hall–Kier alpha value is -7.11. The first-order valence-electron chi connectivity index (χ1n) is 14.5. The van der Waals surface area contributed by atoms with Crippen molar-refractivity contribution in [2.24, 2.45) is 0 Å². The Bertz CT molecular complexity index is 1950. The number of benzene rings is 4. The van der Waals surface area contributed by atoms with E-state index in [0.29, 0.717) is 0 Å². The fourth-order valence-electron chi connectivity index (χ4n) is 4.59.